The van der Waals surface area contributed by atoms with Crippen LogP contribution in [0.15, 0.2) is 0 Å². The molecule has 0 spiro atoms. The van der Waals surface area contributed by atoms with Gasteiger partial charge in [0.1, 0.15) is 0 Å². The van der Waals surface area contributed by atoms with Gasteiger partial charge in [0.05, 0.1) is 13.2 Å². The van der Waals surface area contributed by atoms with Crippen molar-refractivity contribution in [2.75, 3.05) is 27.4 Å². The second-order valence-electron chi connectivity index (χ2n) is 4.68. The van der Waals surface area contributed by atoms with Gasteiger partial charge in [0.15, 0.2) is 0 Å². The highest BCUT2D eigenvalue weighted by molar-refractivity contribution is 4.86. The minimum absolute atomic E-state index is 0.0938. The Morgan fingerprint density at radius 1 is 0.833 bits per heavy atom. The molecule has 0 aromatic heterocycles. The van der Waals surface area contributed by atoms with Crippen LogP contribution in [0.5, 0.6) is 0 Å². The van der Waals surface area contributed by atoms with E-state index in [4.69, 9.17) is 9.47 Å². The lowest BCUT2D eigenvalue weighted by Crippen LogP contribution is -2.40. The first-order valence-corrected chi connectivity index (χ1v) is 4.35. The fraction of sp³-hybridized carbons (Fsp3) is 1.00. The second kappa shape index (κ2) is 4.24. The summed E-state index contributed by atoms with van der Waals surface area (Å²) in [6, 6.07) is 0. The molecule has 0 unspecified atom stereocenters. The van der Waals surface area contributed by atoms with Crippen molar-refractivity contribution in [3.05, 3.63) is 0 Å². The van der Waals surface area contributed by atoms with Gasteiger partial charge in [-0.25, -0.2) is 0 Å². The van der Waals surface area contributed by atoms with Crippen LogP contribution in [0.25, 0.3) is 0 Å². The Morgan fingerprint density at radius 2 is 1.17 bits per heavy atom. The lowest BCUT2D eigenvalue weighted by molar-refractivity contribution is -0.0468. The van der Waals surface area contributed by atoms with Gasteiger partial charge >= 0.3 is 0 Å². The Morgan fingerprint density at radius 3 is 1.33 bits per heavy atom. The van der Waals surface area contributed by atoms with Gasteiger partial charge in [-0.05, 0) is 5.41 Å². The van der Waals surface area contributed by atoms with Crippen molar-refractivity contribution in [3.63, 3.8) is 0 Å². The third-order valence-electron chi connectivity index (χ3n) is 2.74. The monoisotopic (exact) mass is 174 g/mol. The Balaban J connectivity index is 4.38. The predicted octanol–water partition coefficient (Wildman–Crippen LogP) is 2.33. The first-order valence-electron chi connectivity index (χ1n) is 4.35. The molecule has 2 nitrogen and oxygen atoms in total. The predicted molar refractivity (Wildman–Crippen MR) is 51.3 cm³/mol. The van der Waals surface area contributed by atoms with Crippen molar-refractivity contribution in [3.8, 4) is 0 Å². The maximum absolute atomic E-state index is 5.21. The van der Waals surface area contributed by atoms with Crippen molar-refractivity contribution in [1.82, 2.24) is 0 Å². The molecule has 12 heavy (non-hydrogen) atoms. The number of rotatable bonds is 4. The van der Waals surface area contributed by atoms with Crippen molar-refractivity contribution in [1.29, 1.82) is 0 Å². The molecule has 74 valence electrons. The molecule has 0 saturated heterocycles. The van der Waals surface area contributed by atoms with E-state index in [1.165, 1.54) is 0 Å². The van der Waals surface area contributed by atoms with Gasteiger partial charge in [-0.3, -0.25) is 0 Å². The number of hydrogen-bond donors (Lipinski definition) is 0. The minimum atomic E-state index is 0.0938. The molecular formula is C10H22O2. The highest BCUT2D eigenvalue weighted by Gasteiger charge is 2.37. The maximum atomic E-state index is 5.21. The molecule has 0 aromatic rings. The van der Waals surface area contributed by atoms with Gasteiger partial charge in [-0.2, -0.15) is 0 Å². The zero-order valence-corrected chi connectivity index (χ0v) is 9.23. The van der Waals surface area contributed by atoms with Crippen LogP contribution >= 0.6 is 0 Å². The molecule has 0 amide bonds. The fourth-order valence-corrected chi connectivity index (χ4v) is 1.11. The molecule has 0 fully saturated rings. The van der Waals surface area contributed by atoms with Gasteiger partial charge in [-0.15, -0.1) is 0 Å². The number of hydrogen-bond acceptors (Lipinski definition) is 2. The highest BCUT2D eigenvalue weighted by atomic mass is 16.5. The zero-order valence-electron chi connectivity index (χ0n) is 9.23. The summed E-state index contributed by atoms with van der Waals surface area (Å²) < 4.78 is 10.4. The molecule has 0 radical (unpaired) electrons. The summed E-state index contributed by atoms with van der Waals surface area (Å²) in [4.78, 5) is 0. The van der Waals surface area contributed by atoms with Gasteiger partial charge in [0.2, 0.25) is 0 Å². The molecule has 0 bridgehead atoms. The molecule has 2 heteroatoms. The Labute approximate surface area is 76.3 Å². The summed E-state index contributed by atoms with van der Waals surface area (Å²) >= 11 is 0. The molecular weight excluding hydrogens is 152 g/mol. The third kappa shape index (κ3) is 2.76. The van der Waals surface area contributed by atoms with Crippen LogP contribution < -0.4 is 0 Å². The van der Waals surface area contributed by atoms with Crippen LogP contribution in [-0.4, -0.2) is 27.4 Å². The van der Waals surface area contributed by atoms with Crippen molar-refractivity contribution < 1.29 is 9.47 Å². The van der Waals surface area contributed by atoms with Crippen LogP contribution in [-0.2, 0) is 9.47 Å². The van der Waals surface area contributed by atoms with E-state index in [1.807, 2.05) is 0 Å². The largest absolute Gasteiger partial charge is 0.384 e. The molecule has 0 saturated carbocycles. The number of methoxy groups -OCH3 is 2. The average molecular weight is 174 g/mol. The molecule has 0 N–H and O–H groups in total. The molecule has 0 aliphatic rings. The van der Waals surface area contributed by atoms with Crippen molar-refractivity contribution >= 4 is 0 Å². The van der Waals surface area contributed by atoms with Crippen LogP contribution in [0.4, 0.5) is 0 Å². The van der Waals surface area contributed by atoms with E-state index in [0.717, 1.165) is 13.2 Å². The molecule has 0 rings (SSSR count). The first kappa shape index (κ1) is 11.9. The van der Waals surface area contributed by atoms with Gasteiger partial charge < -0.3 is 9.47 Å². The lowest BCUT2D eigenvalue weighted by atomic mass is 9.69. The molecule has 0 atom stereocenters. The molecule has 0 heterocycles. The van der Waals surface area contributed by atoms with Gasteiger partial charge in [0.25, 0.3) is 0 Å². The average Bonchev–Trinajstić information content (AvgIpc) is 1.86. The molecule has 0 aromatic carbocycles. The summed E-state index contributed by atoms with van der Waals surface area (Å²) in [6.45, 7) is 10.3. The third-order valence-corrected chi connectivity index (χ3v) is 2.74. The van der Waals surface area contributed by atoms with E-state index < -0.39 is 0 Å². The quantitative estimate of drug-likeness (QED) is 0.651. The van der Waals surface area contributed by atoms with E-state index >= 15 is 0 Å². The van der Waals surface area contributed by atoms with Crippen molar-refractivity contribution in [2.45, 2.75) is 27.7 Å². The Kier molecular flexibility index (Phi) is 4.21. The second-order valence-corrected chi connectivity index (χ2v) is 4.68. The lowest BCUT2D eigenvalue weighted by Gasteiger charge is -2.40. The summed E-state index contributed by atoms with van der Waals surface area (Å²) in [7, 11) is 3.47. The summed E-state index contributed by atoms with van der Waals surface area (Å²) in [5, 5.41) is 0. The zero-order chi connectivity index (χ0) is 9.83. The van der Waals surface area contributed by atoms with E-state index in [9.17, 15) is 0 Å². The van der Waals surface area contributed by atoms with E-state index in [2.05, 4.69) is 27.7 Å². The van der Waals surface area contributed by atoms with E-state index in [1.54, 1.807) is 14.2 Å². The van der Waals surface area contributed by atoms with Gasteiger partial charge in [0, 0.05) is 19.6 Å². The van der Waals surface area contributed by atoms with Crippen LogP contribution in [0.2, 0.25) is 0 Å². The van der Waals surface area contributed by atoms with Crippen LogP contribution in [0.1, 0.15) is 27.7 Å². The fourth-order valence-electron chi connectivity index (χ4n) is 1.11. The Bertz CT molecular complexity index is 118. The molecule has 0 aliphatic carbocycles. The first-order chi connectivity index (χ1) is 5.37. The molecule has 0 aliphatic heterocycles. The Hall–Kier alpha value is -0.0800. The topological polar surface area (TPSA) is 18.5 Å². The summed E-state index contributed by atoms with van der Waals surface area (Å²) in [5.41, 5.74) is 0.301. The maximum Gasteiger partial charge on any atom is 0.0543 e. The summed E-state index contributed by atoms with van der Waals surface area (Å²) in [6.07, 6.45) is 0. The normalized spacial score (nSPS) is 13.5. The minimum Gasteiger partial charge on any atom is -0.384 e. The van der Waals surface area contributed by atoms with Gasteiger partial charge in [-0.1, -0.05) is 27.7 Å². The van der Waals surface area contributed by atoms with Crippen LogP contribution in [0, 0.1) is 10.8 Å². The smallest absolute Gasteiger partial charge is 0.0543 e. The summed E-state index contributed by atoms with van der Waals surface area (Å²) in [5.74, 6) is 0. The van der Waals surface area contributed by atoms with Crippen LogP contribution in [0.3, 0.4) is 0 Å². The SMILES string of the molecule is COCC(C)(COC)C(C)(C)C. The van der Waals surface area contributed by atoms with E-state index in [-0.39, 0.29) is 10.8 Å². The number of ether oxygens (including phenoxy) is 2. The standard InChI is InChI=1S/C10H22O2/c1-9(2,3)10(4,7-11-5)8-12-6/h7-8H2,1-6H3. The highest BCUT2D eigenvalue weighted by Crippen LogP contribution is 2.38. The van der Waals surface area contributed by atoms with E-state index in [0.29, 0.717) is 0 Å². The van der Waals surface area contributed by atoms with Crippen molar-refractivity contribution in [2.24, 2.45) is 10.8 Å².